The van der Waals surface area contributed by atoms with E-state index in [0.717, 1.165) is 51.6 Å². The van der Waals surface area contributed by atoms with Gasteiger partial charge in [0.05, 0.1) is 28.7 Å². The molecule has 4 fully saturated rings. The highest BCUT2D eigenvalue weighted by Crippen LogP contribution is 2.44. The van der Waals surface area contributed by atoms with Gasteiger partial charge in [0.1, 0.15) is 5.75 Å². The van der Waals surface area contributed by atoms with E-state index in [1.165, 1.54) is 12.1 Å². The largest absolute Gasteiger partial charge is 0.492 e. The number of hydrogen-bond donors (Lipinski definition) is 0. The molecule has 0 N–H and O–H groups in total. The summed E-state index contributed by atoms with van der Waals surface area (Å²) in [5.74, 6) is 0.778. The van der Waals surface area contributed by atoms with Crippen LogP contribution in [0.3, 0.4) is 0 Å². The summed E-state index contributed by atoms with van der Waals surface area (Å²) in [4.78, 5) is 30.8. The maximum atomic E-state index is 13.8. The van der Waals surface area contributed by atoms with Crippen LogP contribution in [0.15, 0.2) is 23.1 Å². The fourth-order valence-corrected chi connectivity index (χ4v) is 6.44. The maximum Gasteiger partial charge on any atom is 0.258 e. The van der Waals surface area contributed by atoms with Crippen LogP contribution in [0.5, 0.6) is 5.75 Å². The zero-order chi connectivity index (χ0) is 22.5. The molecule has 1 aromatic rings. The number of rotatable bonds is 7. The summed E-state index contributed by atoms with van der Waals surface area (Å²) in [6.07, 6.45) is 6.78. The molecule has 8 heteroatoms. The molecule has 2 bridgehead atoms. The SMILES string of the molecule is CCS(=O)(=O)c1ccc(OCC2CC2)c(C(=O)N2C3CCC2C(C(=O)N2CCCC2)C3)c1. The van der Waals surface area contributed by atoms with Gasteiger partial charge in [0.15, 0.2) is 9.84 Å². The van der Waals surface area contributed by atoms with Gasteiger partial charge >= 0.3 is 0 Å². The molecule has 32 heavy (non-hydrogen) atoms. The van der Waals surface area contributed by atoms with Gasteiger partial charge in [-0.15, -0.1) is 0 Å². The van der Waals surface area contributed by atoms with Crippen LogP contribution in [0.4, 0.5) is 0 Å². The molecule has 5 rings (SSSR count). The quantitative estimate of drug-likeness (QED) is 0.625. The summed E-state index contributed by atoms with van der Waals surface area (Å²) in [6, 6.07) is 4.58. The van der Waals surface area contributed by atoms with Gasteiger partial charge in [-0.2, -0.15) is 0 Å². The lowest BCUT2D eigenvalue weighted by molar-refractivity contribution is -0.135. The molecule has 0 radical (unpaired) electrons. The Hall–Kier alpha value is -2.09. The Morgan fingerprint density at radius 2 is 1.84 bits per heavy atom. The molecule has 0 spiro atoms. The van der Waals surface area contributed by atoms with Crippen molar-refractivity contribution in [1.82, 2.24) is 9.80 Å². The third-order valence-corrected chi connectivity index (χ3v) is 9.33. The molecule has 1 aliphatic carbocycles. The predicted octanol–water partition coefficient (Wildman–Crippen LogP) is 2.88. The second kappa shape index (κ2) is 8.36. The number of sulfone groups is 1. The zero-order valence-electron chi connectivity index (χ0n) is 18.7. The third kappa shape index (κ3) is 3.91. The third-order valence-electron chi connectivity index (χ3n) is 7.60. The summed E-state index contributed by atoms with van der Waals surface area (Å²) in [5, 5.41) is 0. The average Bonchev–Trinajstić information content (AvgIpc) is 3.17. The number of ether oxygens (including phenoxy) is 1. The van der Waals surface area contributed by atoms with Crippen molar-refractivity contribution in [3.8, 4) is 5.75 Å². The van der Waals surface area contributed by atoms with Crippen molar-refractivity contribution in [3.05, 3.63) is 23.8 Å². The van der Waals surface area contributed by atoms with E-state index >= 15 is 0 Å². The number of carbonyl (C=O) groups is 2. The van der Waals surface area contributed by atoms with E-state index in [4.69, 9.17) is 4.74 Å². The second-order valence-corrected chi connectivity index (χ2v) is 12.0. The molecular weight excluding hydrogens is 428 g/mol. The zero-order valence-corrected chi connectivity index (χ0v) is 19.5. The van der Waals surface area contributed by atoms with Crippen LogP contribution in [-0.2, 0) is 14.6 Å². The van der Waals surface area contributed by atoms with E-state index in [9.17, 15) is 18.0 Å². The molecule has 4 aliphatic rings. The summed E-state index contributed by atoms with van der Waals surface area (Å²) >= 11 is 0. The van der Waals surface area contributed by atoms with Gasteiger partial charge in [-0.3, -0.25) is 9.59 Å². The molecule has 3 heterocycles. The van der Waals surface area contributed by atoms with Gasteiger partial charge in [-0.05, 0) is 69.1 Å². The standard InChI is InChI=1S/C24H32N2O5S/c1-2-32(29,30)18-8-10-22(31-15-16-5-6-16)20(14-18)24(28)26-17-7-9-21(26)19(13-17)23(27)25-11-3-4-12-25/h8,10,14,16-17,19,21H,2-7,9,11-13,15H2,1H3. The molecule has 3 atom stereocenters. The molecule has 174 valence electrons. The smallest absolute Gasteiger partial charge is 0.258 e. The van der Waals surface area contributed by atoms with Gasteiger partial charge in [0.2, 0.25) is 5.91 Å². The first kappa shape index (κ1) is 21.7. The van der Waals surface area contributed by atoms with Crippen molar-refractivity contribution in [2.75, 3.05) is 25.4 Å². The molecule has 3 unspecified atom stereocenters. The first-order chi connectivity index (χ1) is 15.4. The van der Waals surface area contributed by atoms with Crippen LogP contribution >= 0.6 is 0 Å². The van der Waals surface area contributed by atoms with Crippen molar-refractivity contribution in [3.63, 3.8) is 0 Å². The van der Waals surface area contributed by atoms with Crippen molar-refractivity contribution < 1.29 is 22.7 Å². The average molecular weight is 461 g/mol. The lowest BCUT2D eigenvalue weighted by Crippen LogP contribution is -2.42. The summed E-state index contributed by atoms with van der Waals surface area (Å²) in [5.41, 5.74) is 0.311. The number of likely N-dealkylation sites (tertiary alicyclic amines) is 1. The van der Waals surface area contributed by atoms with Crippen LogP contribution in [-0.4, -0.2) is 67.6 Å². The molecule has 2 amide bonds. The van der Waals surface area contributed by atoms with E-state index in [1.807, 2.05) is 9.80 Å². The van der Waals surface area contributed by atoms with Gasteiger partial charge in [-0.25, -0.2) is 8.42 Å². The maximum absolute atomic E-state index is 13.8. The van der Waals surface area contributed by atoms with Gasteiger partial charge < -0.3 is 14.5 Å². The van der Waals surface area contributed by atoms with Crippen LogP contribution in [0.25, 0.3) is 0 Å². The van der Waals surface area contributed by atoms with Crippen LogP contribution in [0, 0.1) is 11.8 Å². The molecule has 3 aliphatic heterocycles. The fourth-order valence-electron chi connectivity index (χ4n) is 5.54. The normalized spacial score (nSPS) is 27.2. The first-order valence-electron chi connectivity index (χ1n) is 12.0. The summed E-state index contributed by atoms with van der Waals surface area (Å²) < 4.78 is 31.0. The minimum absolute atomic E-state index is 0.0235. The lowest BCUT2D eigenvalue weighted by Gasteiger charge is -2.27. The minimum atomic E-state index is -3.45. The molecule has 1 aromatic carbocycles. The van der Waals surface area contributed by atoms with Crippen LogP contribution in [0.1, 0.15) is 62.2 Å². The Morgan fingerprint density at radius 3 is 2.53 bits per heavy atom. The number of carbonyl (C=O) groups excluding carboxylic acids is 2. The Bertz CT molecular complexity index is 1010. The monoisotopic (exact) mass is 460 g/mol. The van der Waals surface area contributed by atoms with E-state index < -0.39 is 9.84 Å². The number of hydrogen-bond acceptors (Lipinski definition) is 5. The minimum Gasteiger partial charge on any atom is -0.492 e. The van der Waals surface area contributed by atoms with Crippen LogP contribution in [0.2, 0.25) is 0 Å². The van der Waals surface area contributed by atoms with Crippen molar-refractivity contribution in [1.29, 1.82) is 0 Å². The molecule has 7 nitrogen and oxygen atoms in total. The summed E-state index contributed by atoms with van der Waals surface area (Å²) in [7, 11) is -3.45. The number of amides is 2. The van der Waals surface area contributed by atoms with E-state index in [2.05, 4.69) is 0 Å². The van der Waals surface area contributed by atoms with Gasteiger partial charge in [0.25, 0.3) is 5.91 Å². The first-order valence-corrected chi connectivity index (χ1v) is 13.7. The van der Waals surface area contributed by atoms with E-state index in [1.54, 1.807) is 13.0 Å². The molecule has 0 aromatic heterocycles. The van der Waals surface area contributed by atoms with Crippen molar-refractivity contribution in [2.24, 2.45) is 11.8 Å². The molecule has 3 saturated heterocycles. The van der Waals surface area contributed by atoms with Crippen molar-refractivity contribution in [2.45, 2.75) is 68.8 Å². The predicted molar refractivity (Wildman–Crippen MR) is 119 cm³/mol. The Balaban J connectivity index is 1.43. The Kier molecular flexibility index (Phi) is 5.68. The Morgan fingerprint density at radius 1 is 1.09 bits per heavy atom. The van der Waals surface area contributed by atoms with E-state index in [0.29, 0.717) is 30.3 Å². The number of fused-ring (bicyclic) bond motifs is 2. The fraction of sp³-hybridized carbons (Fsp3) is 0.667. The highest BCUT2D eigenvalue weighted by atomic mass is 32.2. The van der Waals surface area contributed by atoms with E-state index in [-0.39, 0.29) is 40.5 Å². The van der Waals surface area contributed by atoms with Gasteiger partial charge in [-0.1, -0.05) is 6.92 Å². The topological polar surface area (TPSA) is 84.0 Å². The molecule has 1 saturated carbocycles. The lowest BCUT2D eigenvalue weighted by atomic mass is 9.88. The summed E-state index contributed by atoms with van der Waals surface area (Å²) in [6.45, 7) is 3.78. The van der Waals surface area contributed by atoms with Gasteiger partial charge in [0, 0.05) is 25.2 Å². The van der Waals surface area contributed by atoms with Crippen LogP contribution < -0.4 is 4.74 Å². The molecular formula is C24H32N2O5S. The number of nitrogens with zero attached hydrogens (tertiary/aromatic N) is 2. The highest BCUT2D eigenvalue weighted by molar-refractivity contribution is 7.91. The van der Waals surface area contributed by atoms with Crippen molar-refractivity contribution >= 4 is 21.7 Å². The highest BCUT2D eigenvalue weighted by Gasteiger charge is 2.52. The Labute approximate surface area is 190 Å². The number of benzene rings is 1. The second-order valence-electron chi connectivity index (χ2n) is 9.70.